The predicted molar refractivity (Wildman–Crippen MR) is 200 cm³/mol. The Bertz CT molecular complexity index is 1870. The summed E-state index contributed by atoms with van der Waals surface area (Å²) < 4.78 is 6.36. The number of hydrogen-bond donors (Lipinski definition) is 1. The third kappa shape index (κ3) is 6.71. The smallest absolute Gasteiger partial charge is 0.412 e. The molecule has 1 N–H and O–H groups in total. The van der Waals surface area contributed by atoms with Gasteiger partial charge in [0.1, 0.15) is 5.60 Å². The lowest BCUT2D eigenvalue weighted by Gasteiger charge is -2.55. The van der Waals surface area contributed by atoms with Crippen molar-refractivity contribution in [2.75, 3.05) is 5.32 Å². The first-order valence-electron chi connectivity index (χ1n) is 17.9. The number of para-hydroxylation sites is 1. The van der Waals surface area contributed by atoms with Crippen LogP contribution >= 0.6 is 23.5 Å². The molecule has 6 heteroatoms. The van der Waals surface area contributed by atoms with Gasteiger partial charge in [-0.1, -0.05) is 54.2 Å². The fourth-order valence-corrected chi connectivity index (χ4v) is 12.5. The lowest BCUT2D eigenvalue weighted by atomic mass is 9.54. The van der Waals surface area contributed by atoms with Gasteiger partial charge in [-0.25, -0.2) is 4.79 Å². The number of hydrogen-bond acceptors (Lipinski definition) is 5. The molecule has 0 heterocycles. The lowest BCUT2D eigenvalue weighted by Crippen LogP contribution is -2.53. The summed E-state index contributed by atoms with van der Waals surface area (Å²) >= 11 is 3.51. The number of nitrogens with one attached hydrogen (secondary N) is 1. The summed E-state index contributed by atoms with van der Waals surface area (Å²) in [5.41, 5.74) is 7.98. The van der Waals surface area contributed by atoms with E-state index in [4.69, 9.17) is 4.74 Å². The molecule has 49 heavy (non-hydrogen) atoms. The molecule has 4 nitrogen and oxygen atoms in total. The van der Waals surface area contributed by atoms with Crippen LogP contribution in [0.1, 0.15) is 99.9 Å². The van der Waals surface area contributed by atoms with E-state index in [2.05, 4.69) is 87.6 Å². The maximum Gasteiger partial charge on any atom is 0.412 e. The summed E-state index contributed by atoms with van der Waals surface area (Å²) in [6, 6.07) is 27.5. The molecule has 5 aliphatic rings. The van der Waals surface area contributed by atoms with E-state index in [9.17, 15) is 9.59 Å². The number of Topliss-reactive ketones (excluding diaryl/α,β-unsaturated/α-hetero) is 1. The molecule has 0 aliphatic heterocycles. The first-order chi connectivity index (χ1) is 23.6. The maximum absolute atomic E-state index is 14.8. The van der Waals surface area contributed by atoms with Crippen LogP contribution in [-0.2, 0) is 4.74 Å². The summed E-state index contributed by atoms with van der Waals surface area (Å²) in [5.74, 6) is 1.77. The first kappa shape index (κ1) is 32.7. The van der Waals surface area contributed by atoms with E-state index in [1.54, 1.807) is 11.8 Å². The molecule has 4 saturated carbocycles. The Morgan fingerprint density at radius 3 is 1.92 bits per heavy atom. The van der Waals surface area contributed by atoms with Crippen molar-refractivity contribution in [3.8, 4) is 0 Å². The van der Waals surface area contributed by atoms with Crippen molar-refractivity contribution in [2.45, 2.75) is 104 Å². The van der Waals surface area contributed by atoms with Gasteiger partial charge in [-0.05, 0) is 160 Å². The first-order valence-corrected chi connectivity index (χ1v) is 19.6. The second-order valence-electron chi connectivity index (χ2n) is 15.4. The van der Waals surface area contributed by atoms with Gasteiger partial charge in [0.15, 0.2) is 5.78 Å². The molecule has 4 fully saturated rings. The highest BCUT2D eigenvalue weighted by Crippen LogP contribution is 2.57. The third-order valence-electron chi connectivity index (χ3n) is 11.2. The van der Waals surface area contributed by atoms with Gasteiger partial charge >= 0.3 is 6.09 Å². The van der Waals surface area contributed by atoms with Crippen LogP contribution in [-0.4, -0.2) is 17.5 Å². The Balaban J connectivity index is 1.13. The van der Waals surface area contributed by atoms with E-state index in [0.29, 0.717) is 29.9 Å². The van der Waals surface area contributed by atoms with Gasteiger partial charge in [-0.2, -0.15) is 0 Å². The van der Waals surface area contributed by atoms with Gasteiger partial charge in [0.2, 0.25) is 0 Å². The number of benzene rings is 4. The highest BCUT2D eigenvalue weighted by Gasteiger charge is 2.53. The zero-order chi connectivity index (χ0) is 33.9. The van der Waals surface area contributed by atoms with Crippen molar-refractivity contribution in [3.63, 3.8) is 0 Å². The van der Waals surface area contributed by atoms with Crippen LogP contribution < -0.4 is 5.32 Å². The SMILES string of the molecule is Cc1cc(C)cc(Sc2cccc3c2C(=O)C(c2ccccc2NC(=O)OC24CC5CC(CC(C5)C2)C4)CC3Sc2cc(C)cc(C)c2)c1. The minimum absolute atomic E-state index is 0.0609. The highest BCUT2D eigenvalue weighted by atomic mass is 32.2. The van der Waals surface area contributed by atoms with Gasteiger partial charge in [-0.3, -0.25) is 10.1 Å². The zero-order valence-corrected chi connectivity index (χ0v) is 30.5. The van der Waals surface area contributed by atoms with E-state index in [0.717, 1.165) is 45.7 Å². The Labute approximate surface area is 299 Å². The largest absolute Gasteiger partial charge is 0.443 e. The summed E-state index contributed by atoms with van der Waals surface area (Å²) in [6.07, 6.45) is 7.11. The van der Waals surface area contributed by atoms with Crippen molar-refractivity contribution in [3.05, 3.63) is 118 Å². The van der Waals surface area contributed by atoms with Crippen LogP contribution in [0.3, 0.4) is 0 Å². The zero-order valence-electron chi connectivity index (χ0n) is 28.9. The Kier molecular flexibility index (Phi) is 8.68. The van der Waals surface area contributed by atoms with E-state index >= 15 is 0 Å². The summed E-state index contributed by atoms with van der Waals surface area (Å²) in [5, 5.41) is 3.21. The van der Waals surface area contributed by atoms with Crippen LogP contribution in [0.2, 0.25) is 0 Å². The molecule has 0 radical (unpaired) electrons. The molecule has 9 rings (SSSR count). The average molecular weight is 688 g/mol. The number of ether oxygens (including phenoxy) is 1. The topological polar surface area (TPSA) is 55.4 Å². The molecule has 2 unspecified atom stereocenters. The van der Waals surface area contributed by atoms with Gasteiger partial charge in [0.05, 0.1) is 5.92 Å². The molecule has 0 saturated heterocycles. The van der Waals surface area contributed by atoms with Crippen molar-refractivity contribution < 1.29 is 14.3 Å². The lowest BCUT2D eigenvalue weighted by molar-refractivity contribution is -0.124. The fraction of sp³-hybridized carbons (Fsp3) is 0.395. The average Bonchev–Trinajstić information content (AvgIpc) is 3.01. The second kappa shape index (κ2) is 13.0. The molecule has 4 bridgehead atoms. The van der Waals surface area contributed by atoms with E-state index in [-0.39, 0.29) is 22.7 Å². The normalized spacial score (nSPS) is 26.8. The summed E-state index contributed by atoms with van der Waals surface area (Å²) in [6.45, 7) is 8.52. The van der Waals surface area contributed by atoms with E-state index in [1.807, 2.05) is 36.0 Å². The molecule has 0 aromatic heterocycles. The molecular formula is C43H45NO3S2. The van der Waals surface area contributed by atoms with E-state index < -0.39 is 5.92 Å². The number of fused-ring (bicyclic) bond motifs is 1. The van der Waals surface area contributed by atoms with E-state index in [1.165, 1.54) is 46.4 Å². The molecule has 252 valence electrons. The second-order valence-corrected chi connectivity index (χ2v) is 17.8. The summed E-state index contributed by atoms with van der Waals surface area (Å²) in [7, 11) is 0. The van der Waals surface area contributed by atoms with Gasteiger partial charge in [0.25, 0.3) is 0 Å². The highest BCUT2D eigenvalue weighted by molar-refractivity contribution is 8.00. The number of carbonyl (C=O) groups excluding carboxylic acids is 2. The number of thioether (sulfide) groups is 1. The van der Waals surface area contributed by atoms with Crippen molar-refractivity contribution in [1.82, 2.24) is 0 Å². The molecule has 4 aromatic rings. The van der Waals surface area contributed by atoms with Gasteiger partial charge < -0.3 is 4.74 Å². The molecule has 4 aromatic carbocycles. The van der Waals surface area contributed by atoms with Crippen LogP contribution in [0.4, 0.5) is 10.5 Å². The van der Waals surface area contributed by atoms with Crippen molar-refractivity contribution >= 4 is 41.1 Å². The number of anilines is 1. The standard InChI is InChI=1S/C43H45NO3S2/c1-25-12-26(2)15-32(14-25)48-38-11-7-9-35-39(49-33-16-27(3)13-28(4)17-33)21-36(41(45)40(35)38)34-8-5-6-10-37(34)44-42(46)47-43-22-29-18-30(23-43)20-31(19-29)24-43/h5-17,29-31,36,39H,18-24H2,1-4H3,(H,44,46). The van der Waals surface area contributed by atoms with Crippen LogP contribution in [0.25, 0.3) is 0 Å². The van der Waals surface area contributed by atoms with Crippen molar-refractivity contribution in [2.24, 2.45) is 17.8 Å². The molecule has 1 amide bonds. The Hall–Kier alpha value is -3.48. The Morgan fingerprint density at radius 1 is 0.714 bits per heavy atom. The molecule has 2 atom stereocenters. The van der Waals surface area contributed by atoms with Crippen molar-refractivity contribution in [1.29, 1.82) is 0 Å². The van der Waals surface area contributed by atoms with Crippen LogP contribution in [0, 0.1) is 45.4 Å². The number of carbonyl (C=O) groups is 2. The molecule has 0 spiro atoms. The maximum atomic E-state index is 14.8. The molecular weight excluding hydrogens is 643 g/mol. The monoisotopic (exact) mass is 687 g/mol. The number of ketones is 1. The number of aryl methyl sites for hydroxylation is 4. The fourth-order valence-electron chi connectivity index (χ4n) is 9.85. The summed E-state index contributed by atoms with van der Waals surface area (Å²) in [4.78, 5) is 31.8. The van der Waals surface area contributed by atoms with Crippen LogP contribution in [0.15, 0.2) is 93.5 Å². The predicted octanol–water partition coefficient (Wildman–Crippen LogP) is 11.8. The van der Waals surface area contributed by atoms with Crippen LogP contribution in [0.5, 0.6) is 0 Å². The Morgan fingerprint density at radius 2 is 1.29 bits per heavy atom. The van der Waals surface area contributed by atoms with Gasteiger partial charge in [0, 0.05) is 31.2 Å². The third-order valence-corrected chi connectivity index (χ3v) is 13.4. The molecule has 5 aliphatic carbocycles. The minimum atomic E-state index is -0.409. The number of amides is 1. The van der Waals surface area contributed by atoms with Gasteiger partial charge in [-0.15, -0.1) is 11.8 Å². The number of rotatable bonds is 7. The quantitative estimate of drug-likeness (QED) is 0.210. The minimum Gasteiger partial charge on any atom is -0.443 e.